The molecule has 26 heteroatoms. The number of nitrogens with one attached hydrogen (secondary N) is 8. The number of carbonyl (C=O) groups is 9. The van der Waals surface area contributed by atoms with E-state index in [9.17, 15) is 53.4 Å². The minimum Gasteiger partial charge on any atom is -0.481 e. The minimum atomic E-state index is -1.77. The number of carboxylic acid groups (broad SMARTS) is 2. The van der Waals surface area contributed by atoms with Crippen molar-refractivity contribution in [3.63, 3.8) is 0 Å². The monoisotopic (exact) mass is 807 g/mol. The Balaban J connectivity index is 5.96. The molecule has 0 aliphatic heterocycles. The molecule has 0 bridgehead atoms. The lowest BCUT2D eigenvalue weighted by molar-refractivity contribution is -0.141. The van der Waals surface area contributed by atoms with Crippen LogP contribution in [0.4, 0.5) is 0 Å². The highest BCUT2D eigenvalue weighted by Gasteiger charge is 2.32. The fraction of sp³-hybridized carbons (Fsp3) is 0.607. The van der Waals surface area contributed by atoms with E-state index in [0.717, 1.165) is 6.21 Å². The van der Waals surface area contributed by atoms with Gasteiger partial charge in [-0.15, -0.1) is 0 Å². The van der Waals surface area contributed by atoms with Crippen molar-refractivity contribution in [2.75, 3.05) is 25.4 Å². The molecule has 0 aromatic heterocycles. The van der Waals surface area contributed by atoms with Crippen molar-refractivity contribution in [1.82, 2.24) is 42.8 Å². The highest BCUT2D eigenvalue weighted by Crippen LogP contribution is 2.07. The Morgan fingerprint density at radius 1 is 0.704 bits per heavy atom. The van der Waals surface area contributed by atoms with E-state index in [4.69, 9.17) is 23.0 Å². The van der Waals surface area contributed by atoms with Crippen LogP contribution < -0.4 is 65.8 Å². The first-order valence-electron chi connectivity index (χ1n) is 16.3. The summed E-state index contributed by atoms with van der Waals surface area (Å²) < 4.78 is 0. The maximum Gasteiger partial charge on any atom is 0.305 e. The van der Waals surface area contributed by atoms with Crippen molar-refractivity contribution >= 4 is 89.5 Å². The number of primary amides is 1. The highest BCUT2D eigenvalue weighted by atomic mass is 32.1. The molecule has 0 radical (unpaired) electrons. The van der Waals surface area contributed by atoms with Gasteiger partial charge in [-0.3, -0.25) is 59.8 Å². The number of hydrazine groups is 1. The first kappa shape index (κ1) is 48.8. The lowest BCUT2D eigenvalue weighted by Gasteiger charge is -2.25. The first-order chi connectivity index (χ1) is 25.4. The summed E-state index contributed by atoms with van der Waals surface area (Å²) >= 11 is 8.60. The van der Waals surface area contributed by atoms with Gasteiger partial charge in [0.15, 0.2) is 5.11 Å². The van der Waals surface area contributed by atoms with Crippen molar-refractivity contribution in [2.24, 2.45) is 28.1 Å². The molecule has 7 amide bonds. The summed E-state index contributed by atoms with van der Waals surface area (Å²) in [7, 11) is 0. The van der Waals surface area contributed by atoms with Crippen LogP contribution in [0, 0.1) is 0 Å². The third-order valence-corrected chi connectivity index (χ3v) is 7.39. The van der Waals surface area contributed by atoms with E-state index in [1.165, 1.54) is 0 Å². The van der Waals surface area contributed by atoms with Crippen LogP contribution in [-0.2, 0) is 43.2 Å². The van der Waals surface area contributed by atoms with Crippen LogP contribution in [0.25, 0.3) is 0 Å². The molecule has 5 unspecified atom stereocenters. The summed E-state index contributed by atoms with van der Waals surface area (Å²) in [6.45, 7) is -0.203. The second kappa shape index (κ2) is 27.4. The average molecular weight is 808 g/mol. The molecule has 0 fully saturated rings. The zero-order chi connectivity index (χ0) is 41.2. The Hall–Kier alpha value is -5.18. The van der Waals surface area contributed by atoms with Gasteiger partial charge in [-0.25, -0.2) is 0 Å². The summed E-state index contributed by atoms with van der Waals surface area (Å²) in [5.41, 5.74) is 20.2. The topological polar surface area (TPSA) is 407 Å². The van der Waals surface area contributed by atoms with E-state index < -0.39 is 103 Å². The van der Waals surface area contributed by atoms with Gasteiger partial charge < -0.3 is 59.3 Å². The number of amides is 7. The summed E-state index contributed by atoms with van der Waals surface area (Å²) in [4.78, 5) is 111. The molecule has 0 rings (SSSR count). The van der Waals surface area contributed by atoms with Crippen LogP contribution in [0.5, 0.6) is 0 Å². The molecule has 0 saturated heterocycles. The number of unbranched alkanes of at least 4 members (excludes halogenated alkanes) is 2. The highest BCUT2D eigenvalue weighted by molar-refractivity contribution is 7.80. The molecule has 18 N–H and O–H groups in total. The number of hydrogen-bond donors (Lipinski definition) is 15. The fourth-order valence-corrected chi connectivity index (χ4v) is 4.65. The standard InChI is InChI=1S/C28H49N13O11S2/c29-7-3-1-5-14(23(30)48)38-27(52)17(10-22(46)47)40-25(50)15(39-26(51)16(9-21(44)45)36-19(42)11-34-32)6-2-4-8-33-24(49)18(13-53)37-20(43)12-35-41-28(31)54/h12,14-18,34,53H,1-11,13,29,32H2,(H2,30,48)(H,33,49)(H,36,42)(H,37,43)(H,38,52)(H,39,51)(H,40,50)(H,44,45)(H,46,47)(H3,31,41,54). The Labute approximate surface area is 320 Å². The Kier molecular flexibility index (Phi) is 24.8. The van der Waals surface area contributed by atoms with Crippen molar-refractivity contribution in [3.8, 4) is 0 Å². The molecule has 54 heavy (non-hydrogen) atoms. The number of nitrogens with two attached hydrogens (primary N) is 4. The van der Waals surface area contributed by atoms with Crippen LogP contribution in [0.1, 0.15) is 51.4 Å². The molecule has 0 spiro atoms. The third-order valence-electron chi connectivity index (χ3n) is 6.94. The minimum absolute atomic E-state index is 0.00908. The molecular formula is C28H49N13O11S2. The van der Waals surface area contributed by atoms with Crippen LogP contribution in [-0.4, -0.2) is 130 Å². The number of nitrogens with zero attached hydrogens (tertiary/aromatic N) is 1. The second-order valence-electron chi connectivity index (χ2n) is 11.3. The maximum absolute atomic E-state index is 13.5. The van der Waals surface area contributed by atoms with Gasteiger partial charge in [-0.2, -0.15) is 17.7 Å². The van der Waals surface area contributed by atoms with E-state index in [2.05, 4.69) is 67.3 Å². The Morgan fingerprint density at radius 2 is 1.22 bits per heavy atom. The SMILES string of the molecule is NCCCCC(NC(=O)C(CC(=O)O)NC(=O)C(CCCCNC(=O)C(CS)NC(=O)C=NNC(N)=S)NC(=O)C(CC(=O)O)NC(=O)CNN)C(N)=O. The summed E-state index contributed by atoms with van der Waals surface area (Å²) in [5, 5.41) is 36.0. The predicted octanol–water partition coefficient (Wildman–Crippen LogP) is -6.53. The van der Waals surface area contributed by atoms with Gasteiger partial charge in [0.1, 0.15) is 36.4 Å². The number of hydrogen-bond acceptors (Lipinski definition) is 15. The van der Waals surface area contributed by atoms with Gasteiger partial charge in [0.2, 0.25) is 35.4 Å². The summed E-state index contributed by atoms with van der Waals surface area (Å²) in [6.07, 6.45) is -0.0513. The lowest BCUT2D eigenvalue weighted by atomic mass is 10.0. The lowest BCUT2D eigenvalue weighted by Crippen LogP contribution is -2.58. The van der Waals surface area contributed by atoms with Crippen molar-refractivity contribution in [3.05, 3.63) is 0 Å². The first-order valence-corrected chi connectivity index (χ1v) is 17.3. The van der Waals surface area contributed by atoms with E-state index >= 15 is 0 Å². The van der Waals surface area contributed by atoms with Crippen LogP contribution in [0.3, 0.4) is 0 Å². The van der Waals surface area contributed by atoms with Gasteiger partial charge in [-0.1, -0.05) is 0 Å². The number of rotatable bonds is 28. The fourth-order valence-electron chi connectivity index (χ4n) is 4.34. The Morgan fingerprint density at radius 3 is 1.74 bits per heavy atom. The molecule has 0 aliphatic rings. The smallest absolute Gasteiger partial charge is 0.305 e. The van der Waals surface area contributed by atoms with E-state index in [0.29, 0.717) is 19.4 Å². The number of thiocarbonyl (C=S) groups is 1. The average Bonchev–Trinajstić information content (AvgIpc) is 3.08. The molecule has 0 aromatic rings. The molecular weight excluding hydrogens is 759 g/mol. The van der Waals surface area contributed by atoms with Crippen molar-refractivity contribution in [1.29, 1.82) is 0 Å². The van der Waals surface area contributed by atoms with Gasteiger partial charge in [-0.05, 0) is 57.3 Å². The number of hydrazone groups is 1. The summed E-state index contributed by atoms with van der Waals surface area (Å²) in [6, 6.07) is -7.31. The largest absolute Gasteiger partial charge is 0.481 e. The number of carboxylic acids is 2. The summed E-state index contributed by atoms with van der Waals surface area (Å²) in [5.74, 6) is -4.44. The van der Waals surface area contributed by atoms with Gasteiger partial charge in [0.05, 0.1) is 19.4 Å². The number of thiol groups is 1. The van der Waals surface area contributed by atoms with E-state index in [1.807, 2.05) is 5.43 Å². The van der Waals surface area contributed by atoms with Crippen LogP contribution >= 0.6 is 24.8 Å². The molecule has 0 saturated carbocycles. The number of carbonyl (C=O) groups excluding carboxylic acids is 7. The zero-order valence-electron chi connectivity index (χ0n) is 29.1. The van der Waals surface area contributed by atoms with Crippen LogP contribution in [0.2, 0.25) is 0 Å². The maximum atomic E-state index is 13.5. The van der Waals surface area contributed by atoms with E-state index in [-0.39, 0.29) is 43.1 Å². The van der Waals surface area contributed by atoms with Crippen molar-refractivity contribution in [2.45, 2.75) is 81.6 Å². The molecule has 0 aliphatic carbocycles. The quantitative estimate of drug-likeness (QED) is 0.00872. The zero-order valence-corrected chi connectivity index (χ0v) is 30.8. The second-order valence-corrected chi connectivity index (χ2v) is 12.1. The molecule has 0 heterocycles. The van der Waals surface area contributed by atoms with Gasteiger partial charge in [0.25, 0.3) is 5.91 Å². The Bertz CT molecular complexity index is 1370. The molecule has 24 nitrogen and oxygen atoms in total. The van der Waals surface area contributed by atoms with Crippen LogP contribution in [0.15, 0.2) is 5.10 Å². The molecule has 5 atom stereocenters. The van der Waals surface area contributed by atoms with Gasteiger partial charge in [0, 0.05) is 12.3 Å². The van der Waals surface area contributed by atoms with Gasteiger partial charge >= 0.3 is 11.9 Å². The van der Waals surface area contributed by atoms with E-state index in [1.54, 1.807) is 0 Å². The van der Waals surface area contributed by atoms with Crippen molar-refractivity contribution < 1.29 is 53.4 Å². The predicted molar refractivity (Wildman–Crippen MR) is 198 cm³/mol. The normalized spacial score (nSPS) is 13.5. The molecule has 304 valence electrons. The third kappa shape index (κ3) is 22.0. The molecule has 0 aromatic carbocycles. The number of aliphatic carboxylic acids is 2.